The number of hydrogen-bond donors (Lipinski definition) is 0. The highest BCUT2D eigenvalue weighted by molar-refractivity contribution is 6.06. The molecule has 0 radical (unpaired) electrons. The highest BCUT2D eigenvalue weighted by Gasteiger charge is 2.33. The van der Waals surface area contributed by atoms with E-state index in [-0.39, 0.29) is 50.7 Å². The second-order valence-electron chi connectivity index (χ2n) is 7.69. The number of carbonyl (C=O) groups is 1. The van der Waals surface area contributed by atoms with Crippen molar-refractivity contribution in [3.63, 3.8) is 0 Å². The monoisotopic (exact) mass is 513 g/mol. The maximum Gasteiger partial charge on any atom is 0.418 e. The molecule has 13 heteroatoms. The molecule has 0 saturated heterocycles. The Kier molecular flexibility index (Phi) is 6.62. The number of aromatic nitrogens is 4. The topological polar surface area (TPSA) is 122 Å². The average molecular weight is 513 g/mol. The Bertz CT molecular complexity index is 1560. The zero-order valence-corrected chi connectivity index (χ0v) is 19.6. The molecular formula is C24H18F3N5O5. The number of para-hydroxylation sites is 1. The van der Waals surface area contributed by atoms with Crippen LogP contribution in [0.3, 0.4) is 0 Å². The first kappa shape index (κ1) is 25.3. The van der Waals surface area contributed by atoms with Crippen molar-refractivity contribution in [2.45, 2.75) is 13.1 Å². The molecule has 0 aliphatic carbocycles. The normalized spacial score (nSPS) is 11.7. The highest BCUT2D eigenvalue weighted by atomic mass is 19.4. The maximum atomic E-state index is 13.5. The third-order valence-electron chi connectivity index (χ3n) is 5.55. The van der Waals surface area contributed by atoms with Crippen molar-refractivity contribution in [2.24, 2.45) is 0 Å². The van der Waals surface area contributed by atoms with E-state index in [1.807, 2.05) is 0 Å². The number of methoxy groups -OCH3 is 2. The van der Waals surface area contributed by atoms with Crippen LogP contribution in [0.1, 0.15) is 27.3 Å². The molecule has 2 aromatic carbocycles. The van der Waals surface area contributed by atoms with E-state index in [1.165, 1.54) is 68.4 Å². The molecule has 0 N–H and O–H groups in total. The van der Waals surface area contributed by atoms with Gasteiger partial charge in [-0.3, -0.25) is 19.9 Å². The van der Waals surface area contributed by atoms with E-state index in [0.717, 1.165) is 12.1 Å². The molecule has 4 rings (SSSR count). The number of allylic oxidation sites excluding steroid dienone is 1. The number of rotatable bonds is 7. The van der Waals surface area contributed by atoms with Gasteiger partial charge < -0.3 is 9.47 Å². The smallest absolute Gasteiger partial charge is 0.418 e. The molecule has 0 amide bonds. The Morgan fingerprint density at radius 1 is 1.14 bits per heavy atom. The quantitative estimate of drug-likeness (QED) is 0.147. The predicted molar refractivity (Wildman–Crippen MR) is 126 cm³/mol. The molecule has 0 atom stereocenters. The lowest BCUT2D eigenvalue weighted by molar-refractivity contribution is -0.385. The Morgan fingerprint density at radius 3 is 2.49 bits per heavy atom. The van der Waals surface area contributed by atoms with Crippen LogP contribution in [0.4, 0.5) is 18.9 Å². The largest absolute Gasteiger partial charge is 0.493 e. The van der Waals surface area contributed by atoms with Gasteiger partial charge in [-0.05, 0) is 37.3 Å². The summed E-state index contributed by atoms with van der Waals surface area (Å²) in [6.07, 6.45) is -1.08. The summed E-state index contributed by atoms with van der Waals surface area (Å²) in [7, 11) is 2.70. The van der Waals surface area contributed by atoms with Crippen molar-refractivity contribution in [3.05, 3.63) is 81.3 Å². The van der Waals surface area contributed by atoms with Gasteiger partial charge in [0.1, 0.15) is 0 Å². The van der Waals surface area contributed by atoms with E-state index in [1.54, 1.807) is 0 Å². The van der Waals surface area contributed by atoms with Crippen LogP contribution in [0.2, 0.25) is 0 Å². The van der Waals surface area contributed by atoms with Gasteiger partial charge in [-0.15, -0.1) is 5.10 Å². The fraction of sp³-hybridized carbons (Fsp3) is 0.167. The summed E-state index contributed by atoms with van der Waals surface area (Å²) < 4.78 is 51.8. The number of pyridine rings is 1. The molecule has 4 aromatic rings. The second kappa shape index (κ2) is 9.68. The summed E-state index contributed by atoms with van der Waals surface area (Å²) in [4.78, 5) is 27.7. The summed E-state index contributed by atoms with van der Waals surface area (Å²) in [6, 6.07) is 7.64. The third kappa shape index (κ3) is 4.70. The Balaban J connectivity index is 1.73. The third-order valence-corrected chi connectivity index (χ3v) is 5.55. The number of hydrogen-bond acceptors (Lipinski definition) is 8. The van der Waals surface area contributed by atoms with E-state index in [9.17, 15) is 28.1 Å². The van der Waals surface area contributed by atoms with Crippen LogP contribution >= 0.6 is 0 Å². The molecule has 0 unspecified atom stereocenters. The van der Waals surface area contributed by atoms with E-state index >= 15 is 0 Å². The number of nitro benzene ring substituents is 1. The van der Waals surface area contributed by atoms with Gasteiger partial charge in [-0.2, -0.15) is 13.2 Å². The fourth-order valence-electron chi connectivity index (χ4n) is 3.78. The highest BCUT2D eigenvalue weighted by Crippen LogP contribution is 2.36. The SMILES string of the molecule is COc1cc(/C=C/C(=O)c2nnn(-c3ccnc4c(C(F)(F)F)cccc34)c2C)c([N+](=O)[O-])cc1OC. The molecule has 0 spiro atoms. The summed E-state index contributed by atoms with van der Waals surface area (Å²) in [5, 5.41) is 19.5. The second-order valence-corrected chi connectivity index (χ2v) is 7.69. The standard InChI is InChI=1S/C24H18F3N5O5/c1-13-22(19(33)8-7-14-11-20(36-2)21(37-3)12-18(14)32(34)35)29-30-31(13)17-9-10-28-23-15(17)5-4-6-16(23)24(25,26)27/h4-12H,1-3H3/b8-7+. The summed E-state index contributed by atoms with van der Waals surface area (Å²) in [6.45, 7) is 1.53. The van der Waals surface area contributed by atoms with E-state index in [0.29, 0.717) is 0 Å². The Hall–Kier alpha value is -4.81. The zero-order valence-electron chi connectivity index (χ0n) is 19.6. The number of benzene rings is 2. The van der Waals surface area contributed by atoms with E-state index in [4.69, 9.17) is 9.47 Å². The molecule has 0 aliphatic rings. The first-order chi connectivity index (χ1) is 17.6. The Labute approximate surface area is 207 Å². The lowest BCUT2D eigenvalue weighted by Gasteiger charge is -2.12. The molecule has 0 bridgehead atoms. The summed E-state index contributed by atoms with van der Waals surface area (Å²) in [5.74, 6) is -0.248. The van der Waals surface area contributed by atoms with Crippen molar-refractivity contribution in [1.82, 2.24) is 20.0 Å². The fourth-order valence-corrected chi connectivity index (χ4v) is 3.78. The van der Waals surface area contributed by atoms with Gasteiger partial charge in [-0.25, -0.2) is 4.68 Å². The van der Waals surface area contributed by atoms with Crippen molar-refractivity contribution < 1.29 is 32.4 Å². The number of ketones is 1. The van der Waals surface area contributed by atoms with Crippen molar-refractivity contribution in [3.8, 4) is 17.2 Å². The predicted octanol–water partition coefficient (Wildman–Crippen LogP) is 4.96. The van der Waals surface area contributed by atoms with Gasteiger partial charge in [0.25, 0.3) is 5.69 Å². The number of nitro groups is 1. The van der Waals surface area contributed by atoms with Crippen LogP contribution in [-0.2, 0) is 6.18 Å². The number of nitrogens with zero attached hydrogens (tertiary/aromatic N) is 5. The molecule has 0 fully saturated rings. The molecule has 10 nitrogen and oxygen atoms in total. The number of ether oxygens (including phenoxy) is 2. The number of alkyl halides is 3. The number of halogens is 3. The van der Waals surface area contributed by atoms with Crippen LogP contribution in [0.5, 0.6) is 11.5 Å². The lowest BCUT2D eigenvalue weighted by Crippen LogP contribution is -2.08. The van der Waals surface area contributed by atoms with E-state index in [2.05, 4.69) is 15.3 Å². The van der Waals surface area contributed by atoms with Gasteiger partial charge in [0, 0.05) is 11.6 Å². The van der Waals surface area contributed by atoms with Crippen LogP contribution in [0.15, 0.2) is 48.7 Å². The minimum absolute atomic E-state index is 0.0841. The average Bonchev–Trinajstić information content (AvgIpc) is 3.26. The van der Waals surface area contributed by atoms with Gasteiger partial charge in [0.05, 0.1) is 53.2 Å². The van der Waals surface area contributed by atoms with Gasteiger partial charge >= 0.3 is 6.18 Å². The first-order valence-electron chi connectivity index (χ1n) is 10.6. The Morgan fingerprint density at radius 2 is 1.84 bits per heavy atom. The van der Waals surface area contributed by atoms with Crippen molar-refractivity contribution in [2.75, 3.05) is 14.2 Å². The number of carbonyl (C=O) groups excluding carboxylic acids is 1. The van der Waals surface area contributed by atoms with Gasteiger partial charge in [0.15, 0.2) is 17.2 Å². The van der Waals surface area contributed by atoms with Crippen LogP contribution < -0.4 is 9.47 Å². The van der Waals surface area contributed by atoms with Crippen LogP contribution in [0.25, 0.3) is 22.7 Å². The zero-order chi connectivity index (χ0) is 26.9. The molecule has 2 heterocycles. The molecule has 0 aliphatic heterocycles. The van der Waals surface area contributed by atoms with E-state index < -0.39 is 22.4 Å². The minimum atomic E-state index is -4.61. The summed E-state index contributed by atoms with van der Waals surface area (Å²) >= 11 is 0. The number of fused-ring (bicyclic) bond motifs is 1. The van der Waals surface area contributed by atoms with Crippen molar-refractivity contribution in [1.29, 1.82) is 0 Å². The molecule has 190 valence electrons. The summed E-state index contributed by atoms with van der Waals surface area (Å²) in [5.41, 5.74) is -0.986. The maximum absolute atomic E-state index is 13.5. The minimum Gasteiger partial charge on any atom is -0.493 e. The lowest BCUT2D eigenvalue weighted by atomic mass is 10.1. The molecule has 0 saturated carbocycles. The van der Waals surface area contributed by atoms with Gasteiger partial charge in [-0.1, -0.05) is 17.3 Å². The van der Waals surface area contributed by atoms with Crippen molar-refractivity contribution >= 4 is 28.4 Å². The van der Waals surface area contributed by atoms with Crippen LogP contribution in [0, 0.1) is 17.0 Å². The molecule has 2 aromatic heterocycles. The molecule has 37 heavy (non-hydrogen) atoms. The molecular weight excluding hydrogens is 495 g/mol. The van der Waals surface area contributed by atoms with Gasteiger partial charge in [0.2, 0.25) is 5.78 Å². The van der Waals surface area contributed by atoms with Crippen LogP contribution in [-0.4, -0.2) is 44.9 Å². The first-order valence-corrected chi connectivity index (χ1v) is 10.6.